The van der Waals surface area contributed by atoms with Crippen LogP contribution in [0.25, 0.3) is 0 Å². The Bertz CT molecular complexity index is 233. The van der Waals surface area contributed by atoms with E-state index in [9.17, 15) is 9.59 Å². The van der Waals surface area contributed by atoms with Gasteiger partial charge in [-0.3, -0.25) is 9.59 Å². The van der Waals surface area contributed by atoms with Gasteiger partial charge in [-0.2, -0.15) is 0 Å². The van der Waals surface area contributed by atoms with Gasteiger partial charge in [0.1, 0.15) is 0 Å². The predicted octanol–water partition coefficient (Wildman–Crippen LogP) is -0.327. The number of methoxy groups -OCH3 is 1. The maximum Gasteiger partial charge on any atom is 0.305 e. The number of nitrogens with zero attached hydrogens (tertiary/aromatic N) is 1. The Balaban J connectivity index is 4.12. The van der Waals surface area contributed by atoms with Crippen LogP contribution in [-0.4, -0.2) is 54.7 Å². The first kappa shape index (κ1) is 14.9. The Morgan fingerprint density at radius 2 is 2.12 bits per heavy atom. The van der Waals surface area contributed by atoms with Crippen molar-refractivity contribution >= 4 is 11.9 Å². The SMILES string of the molecule is CCN(CCC(=O)O)C(=O)C(N)CCOC. The van der Waals surface area contributed by atoms with Crippen LogP contribution in [0, 0.1) is 0 Å². The first-order valence-corrected chi connectivity index (χ1v) is 5.28. The fraction of sp³-hybridized carbons (Fsp3) is 0.800. The normalized spacial score (nSPS) is 12.2. The lowest BCUT2D eigenvalue weighted by molar-refractivity contribution is -0.138. The highest BCUT2D eigenvalue weighted by Gasteiger charge is 2.19. The summed E-state index contributed by atoms with van der Waals surface area (Å²) in [6, 6.07) is -0.617. The maximum absolute atomic E-state index is 11.7. The van der Waals surface area contributed by atoms with Crippen molar-refractivity contribution in [2.24, 2.45) is 5.73 Å². The lowest BCUT2D eigenvalue weighted by Crippen LogP contribution is -2.45. The molecular weight excluding hydrogens is 212 g/mol. The third kappa shape index (κ3) is 5.67. The van der Waals surface area contributed by atoms with Crippen LogP contribution in [0.15, 0.2) is 0 Å². The molecule has 1 unspecified atom stereocenters. The third-order valence-electron chi connectivity index (χ3n) is 2.24. The minimum Gasteiger partial charge on any atom is -0.481 e. The Labute approximate surface area is 95.4 Å². The monoisotopic (exact) mass is 232 g/mol. The van der Waals surface area contributed by atoms with Crippen LogP contribution in [-0.2, 0) is 14.3 Å². The molecule has 0 aliphatic carbocycles. The van der Waals surface area contributed by atoms with Gasteiger partial charge >= 0.3 is 5.97 Å². The summed E-state index contributed by atoms with van der Waals surface area (Å²) in [6.07, 6.45) is 0.384. The summed E-state index contributed by atoms with van der Waals surface area (Å²) in [4.78, 5) is 23.6. The van der Waals surface area contributed by atoms with Crippen LogP contribution < -0.4 is 5.73 Å². The zero-order valence-electron chi connectivity index (χ0n) is 9.81. The van der Waals surface area contributed by atoms with E-state index in [0.717, 1.165) is 0 Å². The summed E-state index contributed by atoms with van der Waals surface area (Å²) in [5.41, 5.74) is 5.67. The molecular formula is C10H20N2O4. The molecule has 0 heterocycles. The van der Waals surface area contributed by atoms with Gasteiger partial charge in [0.15, 0.2) is 0 Å². The standard InChI is InChI=1S/C10H20N2O4/c1-3-12(6-4-9(13)14)10(15)8(11)5-7-16-2/h8H,3-7,11H2,1-2H3,(H,13,14). The fourth-order valence-corrected chi connectivity index (χ4v) is 1.26. The molecule has 6 nitrogen and oxygen atoms in total. The summed E-state index contributed by atoms with van der Waals surface area (Å²) in [5.74, 6) is -1.14. The molecule has 0 aliphatic rings. The van der Waals surface area contributed by atoms with E-state index >= 15 is 0 Å². The lowest BCUT2D eigenvalue weighted by atomic mass is 10.2. The number of aliphatic carboxylic acids is 1. The fourth-order valence-electron chi connectivity index (χ4n) is 1.26. The number of carboxylic acids is 1. The number of nitrogens with two attached hydrogens (primary N) is 1. The molecule has 0 aromatic heterocycles. The molecule has 3 N–H and O–H groups in total. The largest absolute Gasteiger partial charge is 0.481 e. The van der Waals surface area contributed by atoms with Crippen molar-refractivity contribution in [2.75, 3.05) is 26.8 Å². The maximum atomic E-state index is 11.7. The summed E-state index contributed by atoms with van der Waals surface area (Å²) in [6.45, 7) is 2.88. The second-order valence-corrected chi connectivity index (χ2v) is 3.45. The number of carboxylic acid groups (broad SMARTS) is 1. The quantitative estimate of drug-likeness (QED) is 0.598. The molecule has 0 aliphatic heterocycles. The van der Waals surface area contributed by atoms with E-state index in [1.54, 1.807) is 14.0 Å². The van der Waals surface area contributed by atoms with Crippen molar-refractivity contribution in [3.63, 3.8) is 0 Å². The van der Waals surface area contributed by atoms with Crippen LogP contribution in [0.1, 0.15) is 19.8 Å². The van der Waals surface area contributed by atoms with Gasteiger partial charge in [-0.1, -0.05) is 0 Å². The van der Waals surface area contributed by atoms with Crippen LogP contribution in [0.5, 0.6) is 0 Å². The molecule has 0 radical (unpaired) electrons. The van der Waals surface area contributed by atoms with E-state index in [-0.39, 0.29) is 18.9 Å². The van der Waals surface area contributed by atoms with Gasteiger partial charge in [0.05, 0.1) is 12.5 Å². The van der Waals surface area contributed by atoms with Gasteiger partial charge in [-0.15, -0.1) is 0 Å². The molecule has 1 atom stereocenters. The molecule has 0 rings (SSSR count). The van der Waals surface area contributed by atoms with Crippen molar-refractivity contribution in [3.8, 4) is 0 Å². The number of hydrogen-bond acceptors (Lipinski definition) is 4. The number of amides is 1. The number of carbonyl (C=O) groups excluding carboxylic acids is 1. The van der Waals surface area contributed by atoms with Gasteiger partial charge < -0.3 is 20.5 Å². The van der Waals surface area contributed by atoms with Crippen molar-refractivity contribution in [1.29, 1.82) is 0 Å². The van der Waals surface area contributed by atoms with Crippen molar-refractivity contribution in [2.45, 2.75) is 25.8 Å². The Hall–Kier alpha value is -1.14. The van der Waals surface area contributed by atoms with E-state index in [0.29, 0.717) is 19.6 Å². The third-order valence-corrected chi connectivity index (χ3v) is 2.24. The van der Waals surface area contributed by atoms with Gasteiger partial charge in [0.2, 0.25) is 5.91 Å². The summed E-state index contributed by atoms with van der Waals surface area (Å²) in [5, 5.41) is 8.53. The number of ether oxygens (including phenoxy) is 1. The molecule has 16 heavy (non-hydrogen) atoms. The van der Waals surface area contributed by atoms with E-state index in [1.165, 1.54) is 4.90 Å². The van der Waals surface area contributed by atoms with Crippen LogP contribution in [0.4, 0.5) is 0 Å². The van der Waals surface area contributed by atoms with Gasteiger partial charge in [-0.25, -0.2) is 0 Å². The highest BCUT2D eigenvalue weighted by molar-refractivity contribution is 5.82. The number of hydrogen-bond donors (Lipinski definition) is 2. The zero-order chi connectivity index (χ0) is 12.6. The van der Waals surface area contributed by atoms with E-state index in [1.807, 2.05) is 0 Å². The van der Waals surface area contributed by atoms with Crippen molar-refractivity contribution < 1.29 is 19.4 Å². The van der Waals surface area contributed by atoms with Crippen molar-refractivity contribution in [3.05, 3.63) is 0 Å². The first-order valence-electron chi connectivity index (χ1n) is 5.28. The highest BCUT2D eigenvalue weighted by atomic mass is 16.5. The average molecular weight is 232 g/mol. The summed E-state index contributed by atoms with van der Waals surface area (Å²) in [7, 11) is 1.54. The van der Waals surface area contributed by atoms with Gasteiger partial charge in [0.25, 0.3) is 0 Å². The second kappa shape index (κ2) is 8.06. The summed E-state index contributed by atoms with van der Waals surface area (Å²) >= 11 is 0. The predicted molar refractivity (Wildman–Crippen MR) is 59.0 cm³/mol. The van der Waals surface area contributed by atoms with E-state index in [4.69, 9.17) is 15.6 Å². The molecule has 0 saturated carbocycles. The Morgan fingerprint density at radius 1 is 1.50 bits per heavy atom. The molecule has 0 saturated heterocycles. The van der Waals surface area contributed by atoms with E-state index in [2.05, 4.69) is 0 Å². The van der Waals surface area contributed by atoms with Crippen LogP contribution >= 0.6 is 0 Å². The number of carbonyl (C=O) groups is 2. The minimum absolute atomic E-state index is 0.0590. The molecule has 0 spiro atoms. The molecule has 0 aromatic rings. The molecule has 0 bridgehead atoms. The summed E-state index contributed by atoms with van der Waals surface area (Å²) < 4.78 is 4.83. The number of likely N-dealkylation sites (N-methyl/N-ethyl adjacent to an activating group) is 1. The van der Waals surface area contributed by atoms with E-state index < -0.39 is 12.0 Å². The number of rotatable bonds is 8. The topological polar surface area (TPSA) is 92.9 Å². The zero-order valence-corrected chi connectivity index (χ0v) is 9.81. The first-order chi connectivity index (χ1) is 7.52. The molecule has 94 valence electrons. The molecule has 0 aromatic carbocycles. The average Bonchev–Trinajstić information content (AvgIpc) is 2.25. The Kier molecular flexibility index (Phi) is 7.49. The minimum atomic E-state index is -0.920. The molecule has 1 amide bonds. The van der Waals surface area contributed by atoms with Crippen LogP contribution in [0.2, 0.25) is 0 Å². The molecule has 0 fully saturated rings. The smallest absolute Gasteiger partial charge is 0.305 e. The van der Waals surface area contributed by atoms with Gasteiger partial charge in [0, 0.05) is 26.8 Å². The lowest BCUT2D eigenvalue weighted by Gasteiger charge is -2.23. The highest BCUT2D eigenvalue weighted by Crippen LogP contribution is 1.99. The molecule has 6 heteroatoms. The second-order valence-electron chi connectivity index (χ2n) is 3.45. The Morgan fingerprint density at radius 3 is 2.56 bits per heavy atom. The van der Waals surface area contributed by atoms with Crippen LogP contribution in [0.3, 0.4) is 0 Å². The van der Waals surface area contributed by atoms with Gasteiger partial charge in [-0.05, 0) is 13.3 Å². The van der Waals surface area contributed by atoms with Crippen molar-refractivity contribution in [1.82, 2.24) is 4.90 Å².